The zero-order valence-electron chi connectivity index (χ0n) is 10.9. The van der Waals surface area contributed by atoms with Crippen LogP contribution in [0.1, 0.15) is 32.1 Å². The predicted molar refractivity (Wildman–Crippen MR) is 68.5 cm³/mol. The first-order valence-electron chi connectivity index (χ1n) is 6.81. The maximum absolute atomic E-state index is 6.14. The smallest absolute Gasteiger partial charge is 0.0117 e. The molecule has 94 valence electrons. The summed E-state index contributed by atoms with van der Waals surface area (Å²) in [5.74, 6) is 0.853. The molecule has 1 unspecified atom stereocenters. The Morgan fingerprint density at radius 3 is 2.44 bits per heavy atom. The number of hydrogen-bond acceptors (Lipinski definition) is 3. The van der Waals surface area contributed by atoms with E-state index in [1.807, 2.05) is 0 Å². The van der Waals surface area contributed by atoms with Crippen LogP contribution in [0.2, 0.25) is 0 Å². The van der Waals surface area contributed by atoms with Gasteiger partial charge in [0, 0.05) is 12.1 Å². The SMILES string of the molecule is CN1CCC(N(C)CCC(N)C2CC2)CC1. The lowest BCUT2D eigenvalue weighted by Crippen LogP contribution is -2.43. The molecule has 2 rings (SSSR count). The fourth-order valence-electron chi connectivity index (χ4n) is 2.73. The molecule has 0 radical (unpaired) electrons. The monoisotopic (exact) mass is 225 g/mol. The Morgan fingerprint density at radius 2 is 1.88 bits per heavy atom. The van der Waals surface area contributed by atoms with E-state index in [1.54, 1.807) is 0 Å². The minimum Gasteiger partial charge on any atom is -0.327 e. The van der Waals surface area contributed by atoms with Gasteiger partial charge in [0.1, 0.15) is 0 Å². The van der Waals surface area contributed by atoms with Crippen LogP contribution in [0.3, 0.4) is 0 Å². The van der Waals surface area contributed by atoms with E-state index >= 15 is 0 Å². The Morgan fingerprint density at radius 1 is 1.25 bits per heavy atom. The molecule has 1 atom stereocenters. The molecule has 0 spiro atoms. The van der Waals surface area contributed by atoms with Gasteiger partial charge in [-0.1, -0.05) is 0 Å². The van der Waals surface area contributed by atoms with Crippen molar-refractivity contribution < 1.29 is 0 Å². The molecule has 1 aliphatic carbocycles. The van der Waals surface area contributed by atoms with Gasteiger partial charge in [0.2, 0.25) is 0 Å². The van der Waals surface area contributed by atoms with Crippen LogP contribution in [0.15, 0.2) is 0 Å². The van der Waals surface area contributed by atoms with Crippen LogP contribution in [0.25, 0.3) is 0 Å². The zero-order valence-corrected chi connectivity index (χ0v) is 10.9. The number of hydrogen-bond donors (Lipinski definition) is 1. The normalized spacial score (nSPS) is 26.2. The van der Waals surface area contributed by atoms with Crippen molar-refractivity contribution in [1.29, 1.82) is 0 Å². The second kappa shape index (κ2) is 5.48. The molecule has 3 heteroatoms. The predicted octanol–water partition coefficient (Wildman–Crippen LogP) is 1.14. The molecule has 1 heterocycles. The molecule has 16 heavy (non-hydrogen) atoms. The molecular weight excluding hydrogens is 198 g/mol. The molecule has 0 aromatic carbocycles. The van der Waals surface area contributed by atoms with Gasteiger partial charge in [-0.15, -0.1) is 0 Å². The molecule has 1 saturated heterocycles. The topological polar surface area (TPSA) is 32.5 Å². The molecule has 1 saturated carbocycles. The summed E-state index contributed by atoms with van der Waals surface area (Å²) in [4.78, 5) is 4.97. The van der Waals surface area contributed by atoms with Gasteiger partial charge in [0.05, 0.1) is 0 Å². The average Bonchev–Trinajstić information content (AvgIpc) is 3.10. The first kappa shape index (κ1) is 12.3. The lowest BCUT2D eigenvalue weighted by molar-refractivity contribution is 0.140. The van der Waals surface area contributed by atoms with Gasteiger partial charge >= 0.3 is 0 Å². The highest BCUT2D eigenvalue weighted by molar-refractivity contribution is 4.85. The maximum atomic E-state index is 6.14. The van der Waals surface area contributed by atoms with Gasteiger partial charge in [0.15, 0.2) is 0 Å². The quantitative estimate of drug-likeness (QED) is 0.761. The van der Waals surface area contributed by atoms with Crippen LogP contribution < -0.4 is 5.73 Å². The maximum Gasteiger partial charge on any atom is 0.0117 e. The van der Waals surface area contributed by atoms with Gasteiger partial charge < -0.3 is 15.5 Å². The van der Waals surface area contributed by atoms with E-state index in [4.69, 9.17) is 5.73 Å². The van der Waals surface area contributed by atoms with Gasteiger partial charge in [-0.25, -0.2) is 0 Å². The van der Waals surface area contributed by atoms with Crippen LogP contribution >= 0.6 is 0 Å². The van der Waals surface area contributed by atoms with E-state index < -0.39 is 0 Å². The van der Waals surface area contributed by atoms with E-state index in [1.165, 1.54) is 51.7 Å². The molecule has 2 N–H and O–H groups in total. The Kier molecular flexibility index (Phi) is 4.22. The van der Waals surface area contributed by atoms with Gasteiger partial charge in [-0.05, 0) is 71.8 Å². The van der Waals surface area contributed by atoms with Crippen molar-refractivity contribution in [2.24, 2.45) is 11.7 Å². The van der Waals surface area contributed by atoms with Crippen molar-refractivity contribution in [3.05, 3.63) is 0 Å². The Labute approximate surface area is 100.0 Å². The molecule has 0 bridgehead atoms. The number of piperidine rings is 1. The highest BCUT2D eigenvalue weighted by atomic mass is 15.2. The first-order valence-corrected chi connectivity index (χ1v) is 6.81. The second-order valence-electron chi connectivity index (χ2n) is 5.81. The van der Waals surface area contributed by atoms with Gasteiger partial charge in [-0.3, -0.25) is 0 Å². The summed E-state index contributed by atoms with van der Waals surface area (Å²) < 4.78 is 0. The van der Waals surface area contributed by atoms with E-state index in [2.05, 4.69) is 23.9 Å². The summed E-state index contributed by atoms with van der Waals surface area (Å²) in [6, 6.07) is 1.26. The van der Waals surface area contributed by atoms with Gasteiger partial charge in [-0.2, -0.15) is 0 Å². The minimum atomic E-state index is 0.466. The third-order valence-corrected chi connectivity index (χ3v) is 4.35. The Hall–Kier alpha value is -0.120. The summed E-state index contributed by atoms with van der Waals surface area (Å²) in [6.07, 6.45) is 6.59. The number of rotatable bonds is 5. The molecule has 2 fully saturated rings. The zero-order chi connectivity index (χ0) is 11.5. The van der Waals surface area contributed by atoms with Crippen LogP contribution in [0.5, 0.6) is 0 Å². The lowest BCUT2D eigenvalue weighted by atomic mass is 10.0. The summed E-state index contributed by atoms with van der Waals surface area (Å²) in [6.45, 7) is 3.69. The number of nitrogens with two attached hydrogens (primary N) is 1. The van der Waals surface area contributed by atoms with E-state index in [-0.39, 0.29) is 0 Å². The van der Waals surface area contributed by atoms with Crippen molar-refractivity contribution in [2.75, 3.05) is 33.7 Å². The Balaban J connectivity index is 1.64. The van der Waals surface area contributed by atoms with E-state index in [9.17, 15) is 0 Å². The van der Waals surface area contributed by atoms with Gasteiger partial charge in [0.25, 0.3) is 0 Å². The van der Waals surface area contributed by atoms with E-state index in [0.29, 0.717) is 6.04 Å². The minimum absolute atomic E-state index is 0.466. The van der Waals surface area contributed by atoms with Crippen molar-refractivity contribution in [2.45, 2.75) is 44.2 Å². The standard InChI is InChI=1S/C13H27N3/c1-15-8-5-12(6-9-15)16(2)10-7-13(14)11-3-4-11/h11-13H,3-10,14H2,1-2H3. The summed E-state index contributed by atoms with van der Waals surface area (Å²) in [5.41, 5.74) is 6.14. The number of nitrogens with zero attached hydrogens (tertiary/aromatic N) is 2. The molecular formula is C13H27N3. The third kappa shape index (κ3) is 3.44. The van der Waals surface area contributed by atoms with Crippen molar-refractivity contribution in [3.63, 3.8) is 0 Å². The Bertz CT molecular complexity index is 207. The summed E-state index contributed by atoms with van der Waals surface area (Å²) in [7, 11) is 4.49. The second-order valence-corrected chi connectivity index (χ2v) is 5.81. The van der Waals surface area contributed by atoms with Crippen LogP contribution in [-0.2, 0) is 0 Å². The third-order valence-electron chi connectivity index (χ3n) is 4.35. The van der Waals surface area contributed by atoms with Crippen LogP contribution in [0, 0.1) is 5.92 Å². The molecule has 0 amide bonds. The highest BCUT2D eigenvalue weighted by Gasteiger charge is 2.29. The van der Waals surface area contributed by atoms with Crippen molar-refractivity contribution in [1.82, 2.24) is 9.80 Å². The van der Waals surface area contributed by atoms with Crippen molar-refractivity contribution >= 4 is 0 Å². The number of likely N-dealkylation sites (tertiary alicyclic amines) is 1. The molecule has 0 aromatic heterocycles. The van der Waals surface area contributed by atoms with Crippen molar-refractivity contribution in [3.8, 4) is 0 Å². The fourth-order valence-corrected chi connectivity index (χ4v) is 2.73. The van der Waals surface area contributed by atoms with Crippen LogP contribution in [0.4, 0.5) is 0 Å². The summed E-state index contributed by atoms with van der Waals surface area (Å²) in [5, 5.41) is 0. The highest BCUT2D eigenvalue weighted by Crippen LogP contribution is 2.32. The molecule has 1 aliphatic heterocycles. The largest absolute Gasteiger partial charge is 0.327 e. The fraction of sp³-hybridized carbons (Fsp3) is 1.00. The molecule has 2 aliphatic rings. The van der Waals surface area contributed by atoms with Crippen LogP contribution in [-0.4, -0.2) is 55.6 Å². The lowest BCUT2D eigenvalue weighted by Gasteiger charge is -2.35. The van der Waals surface area contributed by atoms with E-state index in [0.717, 1.165) is 12.0 Å². The molecule has 3 nitrogen and oxygen atoms in total. The first-order chi connectivity index (χ1) is 7.66. The molecule has 0 aromatic rings. The average molecular weight is 225 g/mol. The summed E-state index contributed by atoms with van der Waals surface area (Å²) >= 11 is 0.